The van der Waals surface area contributed by atoms with E-state index in [9.17, 15) is 23.8 Å². The van der Waals surface area contributed by atoms with Crippen molar-refractivity contribution in [3.8, 4) is 0 Å². The van der Waals surface area contributed by atoms with Crippen LogP contribution in [0.4, 0.5) is 8.78 Å². The minimum Gasteiger partial charge on any atom is -0.464 e. The highest BCUT2D eigenvalue weighted by molar-refractivity contribution is 5.75. The monoisotopic (exact) mass is 260 g/mol. The third-order valence-electron chi connectivity index (χ3n) is 2.53. The zero-order chi connectivity index (χ0) is 13.9. The summed E-state index contributed by atoms with van der Waals surface area (Å²) in [5, 5.41) is 19.3. The molecule has 0 saturated carbocycles. The standard InChI is InChI=1S/C12H14F2O4/c1-3-18-12(17)11(16)10(15)7-4-5-8(13)9(14)6(7)2/h4-5,10-11,15-16H,3H2,1-2H3. The van der Waals surface area contributed by atoms with Crippen LogP contribution in [-0.2, 0) is 9.53 Å². The van der Waals surface area contributed by atoms with E-state index in [-0.39, 0.29) is 17.7 Å². The van der Waals surface area contributed by atoms with Crippen molar-refractivity contribution in [2.45, 2.75) is 26.1 Å². The number of hydrogen-bond donors (Lipinski definition) is 2. The van der Waals surface area contributed by atoms with Crippen LogP contribution in [0.3, 0.4) is 0 Å². The van der Waals surface area contributed by atoms with Crippen molar-refractivity contribution in [2.75, 3.05) is 6.61 Å². The lowest BCUT2D eigenvalue weighted by Gasteiger charge is -2.18. The van der Waals surface area contributed by atoms with Crippen LogP contribution >= 0.6 is 0 Å². The van der Waals surface area contributed by atoms with Gasteiger partial charge >= 0.3 is 5.97 Å². The molecule has 0 heterocycles. The third-order valence-corrected chi connectivity index (χ3v) is 2.53. The van der Waals surface area contributed by atoms with Gasteiger partial charge in [0.1, 0.15) is 6.10 Å². The number of benzene rings is 1. The summed E-state index contributed by atoms with van der Waals surface area (Å²) in [5.41, 5.74) is -0.222. The number of hydrogen-bond acceptors (Lipinski definition) is 4. The fourth-order valence-corrected chi connectivity index (χ4v) is 1.51. The predicted molar refractivity (Wildman–Crippen MR) is 58.7 cm³/mol. The number of aliphatic hydroxyl groups is 2. The van der Waals surface area contributed by atoms with Crippen molar-refractivity contribution in [3.05, 3.63) is 34.9 Å². The van der Waals surface area contributed by atoms with Crippen LogP contribution in [0.25, 0.3) is 0 Å². The molecule has 0 aliphatic rings. The van der Waals surface area contributed by atoms with E-state index in [0.717, 1.165) is 12.1 Å². The minimum atomic E-state index is -1.84. The van der Waals surface area contributed by atoms with Crippen molar-refractivity contribution < 1.29 is 28.5 Å². The van der Waals surface area contributed by atoms with Crippen LogP contribution in [0, 0.1) is 18.6 Å². The molecule has 2 N–H and O–H groups in total. The van der Waals surface area contributed by atoms with Crippen molar-refractivity contribution in [2.24, 2.45) is 0 Å². The van der Waals surface area contributed by atoms with Gasteiger partial charge in [0, 0.05) is 0 Å². The van der Waals surface area contributed by atoms with Crippen molar-refractivity contribution in [3.63, 3.8) is 0 Å². The molecule has 1 rings (SSSR count). The Morgan fingerprint density at radius 2 is 2.00 bits per heavy atom. The van der Waals surface area contributed by atoms with Crippen LogP contribution in [0.2, 0.25) is 0 Å². The molecule has 100 valence electrons. The Kier molecular flexibility index (Phi) is 4.75. The van der Waals surface area contributed by atoms with Gasteiger partial charge < -0.3 is 14.9 Å². The van der Waals surface area contributed by atoms with Gasteiger partial charge in [-0.05, 0) is 31.0 Å². The Labute approximate surface area is 103 Å². The molecule has 0 saturated heterocycles. The van der Waals surface area contributed by atoms with Crippen molar-refractivity contribution in [1.82, 2.24) is 0 Å². The first-order chi connectivity index (χ1) is 8.40. The Morgan fingerprint density at radius 1 is 1.39 bits per heavy atom. The highest BCUT2D eigenvalue weighted by Crippen LogP contribution is 2.24. The minimum absolute atomic E-state index is 0.0410. The summed E-state index contributed by atoms with van der Waals surface area (Å²) >= 11 is 0. The summed E-state index contributed by atoms with van der Waals surface area (Å²) in [4.78, 5) is 11.2. The largest absolute Gasteiger partial charge is 0.464 e. The molecule has 4 nitrogen and oxygen atoms in total. The molecule has 0 amide bonds. The molecule has 0 aliphatic carbocycles. The lowest BCUT2D eigenvalue weighted by molar-refractivity contribution is -0.159. The van der Waals surface area contributed by atoms with E-state index in [2.05, 4.69) is 4.74 Å². The Balaban J connectivity index is 3.00. The van der Waals surface area contributed by atoms with Crippen molar-refractivity contribution in [1.29, 1.82) is 0 Å². The topological polar surface area (TPSA) is 66.8 Å². The zero-order valence-corrected chi connectivity index (χ0v) is 9.98. The lowest BCUT2D eigenvalue weighted by Crippen LogP contribution is -2.30. The summed E-state index contributed by atoms with van der Waals surface area (Å²) in [6.45, 7) is 2.83. The van der Waals surface area contributed by atoms with Gasteiger partial charge in [-0.2, -0.15) is 0 Å². The van der Waals surface area contributed by atoms with E-state index in [1.807, 2.05) is 0 Å². The number of aliphatic hydroxyl groups excluding tert-OH is 2. The van der Waals surface area contributed by atoms with Gasteiger partial charge in [0.2, 0.25) is 0 Å². The second-order valence-electron chi connectivity index (χ2n) is 3.72. The van der Waals surface area contributed by atoms with Gasteiger partial charge in [-0.1, -0.05) is 6.07 Å². The van der Waals surface area contributed by atoms with Crippen LogP contribution in [-0.4, -0.2) is 28.9 Å². The molecule has 0 bridgehead atoms. The average molecular weight is 260 g/mol. The SMILES string of the molecule is CCOC(=O)C(O)C(O)c1ccc(F)c(F)c1C. The van der Waals surface area contributed by atoms with Crippen LogP contribution in [0.1, 0.15) is 24.2 Å². The molecule has 0 aromatic heterocycles. The highest BCUT2D eigenvalue weighted by atomic mass is 19.2. The van der Waals surface area contributed by atoms with Gasteiger partial charge in [0.25, 0.3) is 0 Å². The van der Waals surface area contributed by atoms with Gasteiger partial charge in [-0.3, -0.25) is 0 Å². The summed E-state index contributed by atoms with van der Waals surface area (Å²) < 4.78 is 30.7. The Bertz CT molecular complexity index is 448. The predicted octanol–water partition coefficient (Wildman–Crippen LogP) is 1.23. The molecular formula is C12H14F2O4. The van der Waals surface area contributed by atoms with E-state index >= 15 is 0 Å². The number of esters is 1. The van der Waals surface area contributed by atoms with Crippen LogP contribution < -0.4 is 0 Å². The molecule has 2 unspecified atom stereocenters. The number of rotatable bonds is 4. The maximum Gasteiger partial charge on any atom is 0.338 e. The maximum atomic E-state index is 13.3. The van der Waals surface area contributed by atoms with E-state index in [0.29, 0.717) is 0 Å². The first kappa shape index (κ1) is 14.5. The van der Waals surface area contributed by atoms with Gasteiger partial charge in [-0.25, -0.2) is 13.6 Å². The molecule has 6 heteroatoms. The molecule has 0 aliphatic heterocycles. The molecule has 2 atom stereocenters. The first-order valence-electron chi connectivity index (χ1n) is 5.37. The van der Waals surface area contributed by atoms with E-state index in [1.165, 1.54) is 6.92 Å². The van der Waals surface area contributed by atoms with Crippen molar-refractivity contribution >= 4 is 5.97 Å². The fourth-order valence-electron chi connectivity index (χ4n) is 1.51. The molecule has 0 radical (unpaired) electrons. The number of ether oxygens (including phenoxy) is 1. The molecular weight excluding hydrogens is 246 g/mol. The molecule has 18 heavy (non-hydrogen) atoms. The molecule has 0 fully saturated rings. The Hall–Kier alpha value is -1.53. The number of carbonyl (C=O) groups excluding carboxylic acids is 1. The third kappa shape index (κ3) is 2.83. The summed E-state index contributed by atoms with van der Waals surface area (Å²) in [6, 6.07) is 1.93. The van der Waals surface area contributed by atoms with Crippen LogP contribution in [0.5, 0.6) is 0 Å². The second-order valence-corrected chi connectivity index (χ2v) is 3.72. The molecule has 1 aromatic carbocycles. The van der Waals surface area contributed by atoms with E-state index in [1.54, 1.807) is 6.92 Å². The van der Waals surface area contributed by atoms with Crippen LogP contribution in [0.15, 0.2) is 12.1 Å². The van der Waals surface area contributed by atoms with E-state index < -0.39 is 29.8 Å². The maximum absolute atomic E-state index is 13.3. The normalized spacial score (nSPS) is 14.1. The summed E-state index contributed by atoms with van der Waals surface area (Å²) in [7, 11) is 0. The lowest BCUT2D eigenvalue weighted by atomic mass is 9.99. The number of carbonyl (C=O) groups is 1. The zero-order valence-electron chi connectivity index (χ0n) is 9.98. The first-order valence-corrected chi connectivity index (χ1v) is 5.37. The highest BCUT2D eigenvalue weighted by Gasteiger charge is 2.29. The quantitative estimate of drug-likeness (QED) is 0.799. The molecule has 0 spiro atoms. The Morgan fingerprint density at radius 3 is 2.56 bits per heavy atom. The van der Waals surface area contributed by atoms with E-state index in [4.69, 9.17) is 0 Å². The van der Waals surface area contributed by atoms with Gasteiger partial charge in [0.05, 0.1) is 6.61 Å². The summed E-state index contributed by atoms with van der Waals surface area (Å²) in [6.07, 6.45) is -3.51. The van der Waals surface area contributed by atoms with Gasteiger partial charge in [-0.15, -0.1) is 0 Å². The summed E-state index contributed by atoms with van der Waals surface area (Å²) in [5.74, 6) is -3.20. The fraction of sp³-hybridized carbons (Fsp3) is 0.417. The molecule has 1 aromatic rings. The smallest absolute Gasteiger partial charge is 0.338 e. The average Bonchev–Trinajstić information content (AvgIpc) is 2.35. The number of halogens is 2. The second kappa shape index (κ2) is 5.88. The van der Waals surface area contributed by atoms with Gasteiger partial charge in [0.15, 0.2) is 17.7 Å².